The van der Waals surface area contributed by atoms with Crippen LogP contribution >= 0.6 is 0 Å². The smallest absolute Gasteiger partial charge is 0.332 e. The van der Waals surface area contributed by atoms with Gasteiger partial charge in [0.15, 0.2) is 0 Å². The number of aryl methyl sites for hydroxylation is 2. The van der Waals surface area contributed by atoms with Gasteiger partial charge in [-0.2, -0.15) is 4.98 Å². The predicted molar refractivity (Wildman–Crippen MR) is 111 cm³/mol. The summed E-state index contributed by atoms with van der Waals surface area (Å²) >= 11 is 0. The van der Waals surface area contributed by atoms with E-state index in [1.807, 2.05) is 45.9 Å². The maximum atomic E-state index is 13.0. The second kappa shape index (κ2) is 7.16. The average molecular weight is 390 g/mol. The molecule has 0 N–H and O–H groups in total. The lowest BCUT2D eigenvalue weighted by atomic mass is 10.1. The van der Waals surface area contributed by atoms with E-state index in [0.29, 0.717) is 22.6 Å². The molecule has 0 amide bonds. The first-order valence-electron chi connectivity index (χ1n) is 9.51. The van der Waals surface area contributed by atoms with E-state index in [2.05, 4.69) is 10.1 Å². The minimum atomic E-state index is -0.394. The van der Waals surface area contributed by atoms with Crippen molar-refractivity contribution in [3.05, 3.63) is 80.3 Å². The quantitative estimate of drug-likeness (QED) is 0.533. The molecule has 0 fully saturated rings. The number of hydrogen-bond acceptors (Lipinski definition) is 5. The van der Waals surface area contributed by atoms with E-state index in [4.69, 9.17) is 4.52 Å². The lowest BCUT2D eigenvalue weighted by Crippen LogP contribution is -2.41. The van der Waals surface area contributed by atoms with Gasteiger partial charge in [-0.15, -0.1) is 0 Å². The molecule has 0 bridgehead atoms. The Bertz CT molecular complexity index is 1330. The van der Waals surface area contributed by atoms with Crippen molar-refractivity contribution in [3.63, 3.8) is 0 Å². The second-order valence-electron chi connectivity index (χ2n) is 7.47. The first-order valence-corrected chi connectivity index (χ1v) is 9.51. The van der Waals surface area contributed by atoms with Crippen molar-refractivity contribution in [2.75, 3.05) is 0 Å². The summed E-state index contributed by atoms with van der Waals surface area (Å²) < 4.78 is 8.18. The molecule has 4 rings (SSSR count). The summed E-state index contributed by atoms with van der Waals surface area (Å²) in [7, 11) is 0. The van der Waals surface area contributed by atoms with Gasteiger partial charge in [0, 0.05) is 11.6 Å². The average Bonchev–Trinajstić information content (AvgIpc) is 3.16. The van der Waals surface area contributed by atoms with Crippen molar-refractivity contribution in [2.45, 2.75) is 40.3 Å². The molecule has 0 aliphatic heterocycles. The van der Waals surface area contributed by atoms with Crippen LogP contribution in [0.5, 0.6) is 0 Å². The van der Waals surface area contributed by atoms with Gasteiger partial charge in [0.2, 0.25) is 11.7 Å². The van der Waals surface area contributed by atoms with Crippen molar-refractivity contribution >= 4 is 10.9 Å². The van der Waals surface area contributed by atoms with Gasteiger partial charge in [0.1, 0.15) is 6.54 Å². The Labute approximate surface area is 167 Å². The van der Waals surface area contributed by atoms with Gasteiger partial charge in [-0.25, -0.2) is 4.79 Å². The summed E-state index contributed by atoms with van der Waals surface area (Å²) in [5.74, 6) is 0.775. The lowest BCUT2D eigenvalue weighted by Gasteiger charge is -2.14. The Balaban J connectivity index is 1.81. The first-order chi connectivity index (χ1) is 13.9. The number of nitrogens with zero attached hydrogens (tertiary/aromatic N) is 4. The van der Waals surface area contributed by atoms with E-state index in [-0.39, 0.29) is 18.1 Å². The van der Waals surface area contributed by atoms with Gasteiger partial charge >= 0.3 is 5.69 Å². The SMILES string of the molecule is Cc1ccc(-c2noc(Cn3c(=O)n(C(C)C)c(=O)c4ccccc43)n2)cc1C. The van der Waals surface area contributed by atoms with E-state index in [9.17, 15) is 9.59 Å². The summed E-state index contributed by atoms with van der Waals surface area (Å²) in [5, 5.41) is 4.55. The maximum Gasteiger partial charge on any atom is 0.332 e. The van der Waals surface area contributed by atoms with Gasteiger partial charge < -0.3 is 4.52 Å². The minimum Gasteiger partial charge on any atom is -0.337 e. The summed E-state index contributed by atoms with van der Waals surface area (Å²) in [5.41, 5.74) is 3.04. The molecule has 7 nitrogen and oxygen atoms in total. The molecule has 0 aliphatic rings. The Morgan fingerprint density at radius 2 is 1.79 bits per heavy atom. The van der Waals surface area contributed by atoms with Crippen molar-refractivity contribution in [1.82, 2.24) is 19.3 Å². The van der Waals surface area contributed by atoms with Crippen molar-refractivity contribution < 1.29 is 4.52 Å². The lowest BCUT2D eigenvalue weighted by molar-refractivity contribution is 0.368. The fourth-order valence-electron chi connectivity index (χ4n) is 3.40. The van der Waals surface area contributed by atoms with Crippen LogP contribution in [0.1, 0.15) is 36.9 Å². The molecule has 4 aromatic rings. The monoisotopic (exact) mass is 390 g/mol. The highest BCUT2D eigenvalue weighted by molar-refractivity contribution is 5.77. The van der Waals surface area contributed by atoms with Crippen LogP contribution in [-0.2, 0) is 6.54 Å². The van der Waals surface area contributed by atoms with Gasteiger partial charge in [-0.05, 0) is 57.0 Å². The van der Waals surface area contributed by atoms with Crippen LogP contribution in [0, 0.1) is 13.8 Å². The van der Waals surface area contributed by atoms with Crippen molar-refractivity contribution in [1.29, 1.82) is 0 Å². The zero-order valence-corrected chi connectivity index (χ0v) is 16.8. The molecule has 0 saturated heterocycles. The largest absolute Gasteiger partial charge is 0.337 e. The third-order valence-corrected chi connectivity index (χ3v) is 5.12. The summed E-state index contributed by atoms with van der Waals surface area (Å²) in [4.78, 5) is 30.3. The minimum absolute atomic E-state index is 0.0875. The van der Waals surface area contributed by atoms with Crippen LogP contribution in [0.15, 0.2) is 56.6 Å². The molecule has 0 unspecified atom stereocenters. The van der Waals surface area contributed by atoms with E-state index in [1.165, 1.54) is 14.7 Å². The zero-order chi connectivity index (χ0) is 20.7. The van der Waals surface area contributed by atoms with Crippen LogP contribution in [0.3, 0.4) is 0 Å². The van der Waals surface area contributed by atoms with E-state index >= 15 is 0 Å². The van der Waals surface area contributed by atoms with Crippen molar-refractivity contribution in [2.24, 2.45) is 0 Å². The molecule has 0 atom stereocenters. The van der Waals surface area contributed by atoms with Crippen LogP contribution < -0.4 is 11.2 Å². The van der Waals surface area contributed by atoms with E-state index in [0.717, 1.165) is 11.1 Å². The molecule has 0 spiro atoms. The number of aromatic nitrogens is 4. The number of hydrogen-bond donors (Lipinski definition) is 0. The van der Waals surface area contributed by atoms with Gasteiger partial charge in [-0.3, -0.25) is 13.9 Å². The number of para-hydroxylation sites is 1. The third-order valence-electron chi connectivity index (χ3n) is 5.12. The Morgan fingerprint density at radius 1 is 1.03 bits per heavy atom. The summed E-state index contributed by atoms with van der Waals surface area (Å²) in [6.45, 7) is 7.78. The highest BCUT2D eigenvalue weighted by Crippen LogP contribution is 2.20. The fraction of sp³-hybridized carbons (Fsp3) is 0.273. The zero-order valence-electron chi connectivity index (χ0n) is 16.8. The highest BCUT2D eigenvalue weighted by atomic mass is 16.5. The summed E-state index contributed by atoms with van der Waals surface area (Å²) in [6.07, 6.45) is 0. The normalized spacial score (nSPS) is 11.5. The van der Waals surface area contributed by atoms with Crippen LogP contribution in [0.25, 0.3) is 22.3 Å². The molecule has 0 saturated carbocycles. The molecular formula is C22H22N4O3. The number of benzene rings is 2. The number of rotatable bonds is 4. The molecule has 0 aliphatic carbocycles. The summed E-state index contributed by atoms with van der Waals surface area (Å²) in [6, 6.07) is 12.8. The van der Waals surface area contributed by atoms with E-state index < -0.39 is 5.69 Å². The molecule has 2 aromatic carbocycles. The standard InChI is InChI=1S/C22H22N4O3/c1-13(2)26-21(27)17-7-5-6-8-18(17)25(22(26)28)12-19-23-20(24-29-19)16-10-9-14(3)15(4)11-16/h5-11,13H,12H2,1-4H3. The molecule has 29 heavy (non-hydrogen) atoms. The van der Waals surface area contributed by atoms with Crippen molar-refractivity contribution in [3.8, 4) is 11.4 Å². The molecule has 2 aromatic heterocycles. The molecule has 2 heterocycles. The van der Waals surface area contributed by atoms with Crippen LogP contribution in [0.2, 0.25) is 0 Å². The van der Waals surface area contributed by atoms with Gasteiger partial charge in [0.25, 0.3) is 5.56 Å². The predicted octanol–water partition coefficient (Wildman–Crippen LogP) is 3.46. The van der Waals surface area contributed by atoms with Gasteiger partial charge in [0.05, 0.1) is 10.9 Å². The Hall–Kier alpha value is -3.48. The first kappa shape index (κ1) is 18.9. The topological polar surface area (TPSA) is 82.9 Å². The molecule has 148 valence electrons. The Morgan fingerprint density at radius 3 is 2.52 bits per heavy atom. The second-order valence-corrected chi connectivity index (χ2v) is 7.47. The molecular weight excluding hydrogens is 368 g/mol. The molecule has 7 heteroatoms. The molecule has 0 radical (unpaired) electrons. The highest BCUT2D eigenvalue weighted by Gasteiger charge is 2.17. The van der Waals surface area contributed by atoms with Crippen LogP contribution in [-0.4, -0.2) is 19.3 Å². The maximum absolute atomic E-state index is 13.0. The van der Waals surface area contributed by atoms with E-state index in [1.54, 1.807) is 24.3 Å². The van der Waals surface area contributed by atoms with Crippen LogP contribution in [0.4, 0.5) is 0 Å². The Kier molecular flexibility index (Phi) is 4.66. The van der Waals surface area contributed by atoms with Gasteiger partial charge in [-0.1, -0.05) is 29.4 Å². The fourth-order valence-corrected chi connectivity index (χ4v) is 3.40. The number of fused-ring (bicyclic) bond motifs is 1. The third kappa shape index (κ3) is 3.29.